The monoisotopic (exact) mass is 493 g/mol. The molecule has 12 heteroatoms. The Labute approximate surface area is 198 Å². The number of nitrogens with zero attached hydrogens (tertiary/aromatic N) is 1. The summed E-state index contributed by atoms with van der Waals surface area (Å²) in [6, 6.07) is 2.25. The van der Waals surface area contributed by atoms with Gasteiger partial charge in [-0.25, -0.2) is 14.0 Å². The predicted octanol–water partition coefficient (Wildman–Crippen LogP) is 1.08. The van der Waals surface area contributed by atoms with Gasteiger partial charge < -0.3 is 30.9 Å². The number of carbonyl (C=O) groups excluding carboxylic acids is 2. The fourth-order valence-corrected chi connectivity index (χ4v) is 6.33. The van der Waals surface area contributed by atoms with Crippen LogP contribution in [0, 0.1) is 17.7 Å². The second-order valence-electron chi connectivity index (χ2n) is 8.70. The number of hydrogen-bond donors (Lipinski definition) is 5. The van der Waals surface area contributed by atoms with Gasteiger partial charge in [0.05, 0.1) is 29.7 Å². The molecule has 5 N–H and O–H groups in total. The number of halogens is 1. The number of nitrogens with one attached hydrogen (secondary N) is 2. The molecule has 3 aliphatic rings. The van der Waals surface area contributed by atoms with Gasteiger partial charge in [-0.3, -0.25) is 9.59 Å². The number of thioether (sulfide) groups is 1. The quantitative estimate of drug-likeness (QED) is 0.351. The Morgan fingerprint density at radius 3 is 2.59 bits per heavy atom. The molecule has 6 atom stereocenters. The van der Waals surface area contributed by atoms with E-state index >= 15 is 0 Å². The van der Waals surface area contributed by atoms with Crippen molar-refractivity contribution in [3.8, 4) is 0 Å². The normalized spacial score (nSPS) is 29.0. The van der Waals surface area contributed by atoms with Crippen LogP contribution in [-0.4, -0.2) is 74.0 Å². The molecule has 6 unspecified atom stereocenters. The molecule has 182 valence electrons. The number of carboxylic acids is 2. The number of carbonyl (C=O) groups is 4. The number of aliphatic carboxylic acids is 1. The van der Waals surface area contributed by atoms with Crippen LogP contribution in [0.5, 0.6) is 0 Å². The third-order valence-corrected chi connectivity index (χ3v) is 7.99. The molecule has 1 aromatic carbocycles. The molecule has 3 aliphatic heterocycles. The maximum absolute atomic E-state index is 13.6. The Bertz CT molecular complexity index is 1110. The number of anilines is 1. The summed E-state index contributed by atoms with van der Waals surface area (Å²) in [5.74, 6) is -5.30. The highest BCUT2D eigenvalue weighted by molar-refractivity contribution is 8.03. The summed E-state index contributed by atoms with van der Waals surface area (Å²) in [4.78, 5) is 50.0. The lowest BCUT2D eigenvalue weighted by atomic mass is 9.79. The molecule has 0 aliphatic carbocycles. The van der Waals surface area contributed by atoms with Crippen molar-refractivity contribution in [3.05, 3.63) is 40.2 Å². The van der Waals surface area contributed by atoms with Crippen molar-refractivity contribution in [1.29, 1.82) is 0 Å². The molecule has 0 spiro atoms. The maximum atomic E-state index is 13.6. The van der Waals surface area contributed by atoms with Crippen LogP contribution in [0.1, 0.15) is 30.6 Å². The smallest absolute Gasteiger partial charge is 0.353 e. The fourth-order valence-electron chi connectivity index (χ4n) is 4.85. The van der Waals surface area contributed by atoms with Crippen molar-refractivity contribution in [2.24, 2.45) is 11.8 Å². The van der Waals surface area contributed by atoms with E-state index in [-0.39, 0.29) is 22.6 Å². The number of carboxylic acid groups (broad SMARTS) is 2. The summed E-state index contributed by atoms with van der Waals surface area (Å²) in [6.45, 7) is 3.76. The summed E-state index contributed by atoms with van der Waals surface area (Å²) >= 11 is 1.31. The van der Waals surface area contributed by atoms with Gasteiger partial charge in [0.2, 0.25) is 11.8 Å². The zero-order chi connectivity index (χ0) is 24.9. The molecule has 0 aromatic heterocycles. The van der Waals surface area contributed by atoms with Gasteiger partial charge in [0.25, 0.3) is 0 Å². The Balaban J connectivity index is 1.44. The van der Waals surface area contributed by atoms with Crippen molar-refractivity contribution in [1.82, 2.24) is 10.2 Å². The van der Waals surface area contributed by atoms with Crippen molar-refractivity contribution in [2.75, 3.05) is 11.9 Å². The molecular weight excluding hydrogens is 469 g/mol. The lowest BCUT2D eigenvalue weighted by molar-refractivity contribution is -0.163. The number of amides is 2. The zero-order valence-electron chi connectivity index (χ0n) is 18.3. The SMILES string of the molecule is CC(O)C1C(=O)N2C(C(=O)O)=C(SC3CNC(C(=O)Nc4ccc(F)c(C(=O)O)c4)C3)C(C)C12. The molecule has 3 heterocycles. The van der Waals surface area contributed by atoms with Gasteiger partial charge in [0.15, 0.2) is 0 Å². The molecule has 2 saturated heterocycles. The first kappa shape index (κ1) is 24.2. The number of benzene rings is 1. The Hall–Kier alpha value is -2.96. The molecule has 0 bridgehead atoms. The molecule has 1 aromatic rings. The number of hydrogen-bond acceptors (Lipinski definition) is 7. The third-order valence-electron chi connectivity index (χ3n) is 6.48. The molecule has 2 fully saturated rings. The first-order valence-corrected chi connectivity index (χ1v) is 11.6. The highest BCUT2D eigenvalue weighted by Gasteiger charge is 2.60. The number of aromatic carboxylic acids is 1. The first-order valence-electron chi connectivity index (χ1n) is 10.7. The van der Waals surface area contributed by atoms with E-state index in [1.807, 2.05) is 6.92 Å². The number of rotatable bonds is 7. The average molecular weight is 494 g/mol. The summed E-state index contributed by atoms with van der Waals surface area (Å²) in [6.07, 6.45) is -0.518. The number of fused-ring (bicyclic) bond motifs is 1. The van der Waals surface area contributed by atoms with Crippen LogP contribution < -0.4 is 10.6 Å². The van der Waals surface area contributed by atoms with Crippen LogP contribution in [0.15, 0.2) is 28.8 Å². The van der Waals surface area contributed by atoms with Crippen molar-refractivity contribution in [3.63, 3.8) is 0 Å². The van der Waals surface area contributed by atoms with Crippen LogP contribution in [0.2, 0.25) is 0 Å². The molecular formula is C22H24FN3O7S. The molecule has 0 radical (unpaired) electrons. The largest absolute Gasteiger partial charge is 0.478 e. The minimum Gasteiger partial charge on any atom is -0.478 e. The Morgan fingerprint density at radius 2 is 1.97 bits per heavy atom. The standard InChI is InChI=1S/C22H24FN3O7S/c1-8-16-15(9(2)27)20(29)26(16)17(22(32)33)18(8)34-11-6-14(24-7-11)19(28)25-10-3-4-13(23)12(5-10)21(30)31/h3-5,8-9,11,14-16,24,27H,6-7H2,1-2H3,(H,25,28)(H,30,31)(H,32,33). The van der Waals surface area contributed by atoms with E-state index < -0.39 is 59.2 Å². The molecule has 4 rings (SSSR count). The van der Waals surface area contributed by atoms with Gasteiger partial charge in [-0.15, -0.1) is 11.8 Å². The summed E-state index contributed by atoms with van der Waals surface area (Å²) in [5, 5.41) is 34.2. The van der Waals surface area contributed by atoms with E-state index in [1.165, 1.54) is 29.7 Å². The lowest BCUT2D eigenvalue weighted by Crippen LogP contribution is -2.63. The van der Waals surface area contributed by atoms with Gasteiger partial charge in [0, 0.05) is 28.3 Å². The Kier molecular flexibility index (Phi) is 6.40. The topological polar surface area (TPSA) is 156 Å². The minimum absolute atomic E-state index is 0.0650. The van der Waals surface area contributed by atoms with Crippen LogP contribution in [0.25, 0.3) is 0 Å². The highest BCUT2D eigenvalue weighted by atomic mass is 32.2. The number of aliphatic hydroxyl groups is 1. The first-order chi connectivity index (χ1) is 16.0. The average Bonchev–Trinajstić information content (AvgIpc) is 3.31. The molecule has 34 heavy (non-hydrogen) atoms. The second-order valence-corrected chi connectivity index (χ2v) is 10.0. The fraction of sp³-hybridized carbons (Fsp3) is 0.455. The van der Waals surface area contributed by atoms with Crippen LogP contribution in [0.4, 0.5) is 10.1 Å². The number of β-lactam (4-membered cyclic amide) rings is 1. The molecule has 0 saturated carbocycles. The summed E-state index contributed by atoms with van der Waals surface area (Å²) < 4.78 is 13.6. The van der Waals surface area contributed by atoms with Gasteiger partial charge in [-0.2, -0.15) is 0 Å². The highest BCUT2D eigenvalue weighted by Crippen LogP contribution is 2.51. The van der Waals surface area contributed by atoms with Gasteiger partial charge in [-0.05, 0) is 31.5 Å². The third kappa shape index (κ3) is 4.05. The second kappa shape index (κ2) is 9.01. The lowest BCUT2D eigenvalue weighted by Gasteiger charge is -2.46. The van der Waals surface area contributed by atoms with Gasteiger partial charge in [-0.1, -0.05) is 6.92 Å². The van der Waals surface area contributed by atoms with Crippen molar-refractivity contribution >= 4 is 41.2 Å². The predicted molar refractivity (Wildman–Crippen MR) is 119 cm³/mol. The number of aliphatic hydroxyl groups excluding tert-OH is 1. The van der Waals surface area contributed by atoms with Crippen molar-refractivity contribution < 1.29 is 38.9 Å². The summed E-state index contributed by atoms with van der Waals surface area (Å²) in [5.41, 5.74) is -0.470. The van der Waals surface area contributed by atoms with E-state index in [9.17, 15) is 33.8 Å². The van der Waals surface area contributed by atoms with E-state index in [4.69, 9.17) is 5.11 Å². The van der Waals surface area contributed by atoms with Gasteiger partial charge in [0.1, 0.15) is 11.5 Å². The van der Waals surface area contributed by atoms with Crippen LogP contribution >= 0.6 is 11.8 Å². The van der Waals surface area contributed by atoms with Crippen molar-refractivity contribution in [2.45, 2.75) is 43.7 Å². The van der Waals surface area contributed by atoms with E-state index in [2.05, 4.69) is 10.6 Å². The van der Waals surface area contributed by atoms with E-state index in [1.54, 1.807) is 0 Å². The Morgan fingerprint density at radius 1 is 1.26 bits per heavy atom. The van der Waals surface area contributed by atoms with Crippen LogP contribution in [0.3, 0.4) is 0 Å². The molecule has 10 nitrogen and oxygen atoms in total. The van der Waals surface area contributed by atoms with E-state index in [0.29, 0.717) is 17.9 Å². The molecule has 2 amide bonds. The van der Waals surface area contributed by atoms with Gasteiger partial charge >= 0.3 is 11.9 Å². The minimum atomic E-state index is -1.45. The maximum Gasteiger partial charge on any atom is 0.353 e. The van der Waals surface area contributed by atoms with E-state index in [0.717, 1.165) is 12.1 Å². The summed E-state index contributed by atoms with van der Waals surface area (Å²) in [7, 11) is 0. The zero-order valence-corrected chi connectivity index (χ0v) is 19.1. The van der Waals surface area contributed by atoms with Crippen LogP contribution in [-0.2, 0) is 14.4 Å².